The fourth-order valence-corrected chi connectivity index (χ4v) is 3.24. The van der Waals surface area contributed by atoms with E-state index in [1.807, 2.05) is 0 Å². The molecule has 0 aromatic rings. The first kappa shape index (κ1) is 15.0. The van der Waals surface area contributed by atoms with E-state index in [2.05, 4.69) is 13.8 Å². The maximum absolute atomic E-state index is 10.3. The third-order valence-electron chi connectivity index (χ3n) is 4.65. The summed E-state index contributed by atoms with van der Waals surface area (Å²) < 4.78 is 0. The Morgan fingerprint density at radius 2 is 1.82 bits per heavy atom. The molecule has 0 aliphatic heterocycles. The number of nitrogens with two attached hydrogens (primary N) is 1. The Bertz CT molecular complexity index is 183. The normalized spacial score (nSPS) is 28.9. The molecule has 0 radical (unpaired) electrons. The van der Waals surface area contributed by atoms with Crippen molar-refractivity contribution in [3.63, 3.8) is 0 Å². The minimum absolute atomic E-state index is 0.155. The van der Waals surface area contributed by atoms with Crippen LogP contribution in [0.2, 0.25) is 0 Å². The predicted octanol–water partition coefficient (Wildman–Crippen LogP) is 3.33. The van der Waals surface area contributed by atoms with Crippen LogP contribution in [0.15, 0.2) is 0 Å². The van der Waals surface area contributed by atoms with Crippen LogP contribution in [-0.4, -0.2) is 17.8 Å². The molecule has 2 nitrogen and oxygen atoms in total. The highest BCUT2D eigenvalue weighted by Crippen LogP contribution is 2.35. The second kappa shape index (κ2) is 8.10. The van der Waals surface area contributed by atoms with Crippen molar-refractivity contribution in [1.82, 2.24) is 0 Å². The maximum Gasteiger partial charge on any atom is 0.0608 e. The molecule has 0 spiro atoms. The van der Waals surface area contributed by atoms with Gasteiger partial charge in [-0.05, 0) is 43.6 Å². The summed E-state index contributed by atoms with van der Waals surface area (Å²) in [6, 6.07) is 0. The van der Waals surface area contributed by atoms with Crippen LogP contribution in [0.25, 0.3) is 0 Å². The second-order valence-electron chi connectivity index (χ2n) is 5.82. The molecular formula is C15H31NO. The van der Waals surface area contributed by atoms with Gasteiger partial charge in [0.1, 0.15) is 0 Å². The monoisotopic (exact) mass is 241 g/mol. The molecule has 1 aliphatic carbocycles. The van der Waals surface area contributed by atoms with E-state index in [1.54, 1.807) is 0 Å². The molecule has 3 N–H and O–H groups in total. The number of unbranched alkanes of at least 4 members (excludes halogenated alkanes) is 1. The minimum Gasteiger partial charge on any atom is -0.393 e. The van der Waals surface area contributed by atoms with Gasteiger partial charge in [-0.15, -0.1) is 0 Å². The molecule has 0 aromatic carbocycles. The molecule has 0 heterocycles. The molecule has 0 amide bonds. The van der Waals surface area contributed by atoms with E-state index in [4.69, 9.17) is 5.73 Å². The van der Waals surface area contributed by atoms with Crippen LogP contribution < -0.4 is 5.73 Å². The lowest BCUT2D eigenvalue weighted by Crippen LogP contribution is -2.35. The second-order valence-corrected chi connectivity index (χ2v) is 5.82. The Morgan fingerprint density at radius 1 is 1.18 bits per heavy atom. The van der Waals surface area contributed by atoms with Gasteiger partial charge in [0.15, 0.2) is 0 Å². The van der Waals surface area contributed by atoms with Crippen LogP contribution in [0.1, 0.15) is 65.2 Å². The van der Waals surface area contributed by atoms with E-state index in [-0.39, 0.29) is 6.10 Å². The van der Waals surface area contributed by atoms with Gasteiger partial charge in [-0.2, -0.15) is 0 Å². The highest BCUT2D eigenvalue weighted by molar-refractivity contribution is 4.81. The Hall–Kier alpha value is -0.0800. The van der Waals surface area contributed by atoms with Crippen LogP contribution in [0.3, 0.4) is 0 Å². The van der Waals surface area contributed by atoms with Crippen LogP contribution in [-0.2, 0) is 0 Å². The summed E-state index contributed by atoms with van der Waals surface area (Å²) in [6.45, 7) is 5.03. The smallest absolute Gasteiger partial charge is 0.0608 e. The van der Waals surface area contributed by atoms with Gasteiger partial charge in [0, 0.05) is 0 Å². The fraction of sp³-hybridized carbons (Fsp3) is 1.00. The van der Waals surface area contributed by atoms with Crippen LogP contribution in [0.5, 0.6) is 0 Å². The molecule has 2 atom stereocenters. The Balaban J connectivity index is 2.30. The summed E-state index contributed by atoms with van der Waals surface area (Å²) in [6.07, 6.45) is 10.0. The summed E-state index contributed by atoms with van der Waals surface area (Å²) in [7, 11) is 0. The predicted molar refractivity (Wildman–Crippen MR) is 73.8 cm³/mol. The standard InChI is InChI=1S/C15H31NO/c1-3-5-6-12-7-9-14(10-8-12)15(17)13(4-2)11-16/h12-15,17H,3-11,16H2,1-2H3. The van der Waals surface area contributed by atoms with E-state index in [0.717, 1.165) is 12.3 Å². The Morgan fingerprint density at radius 3 is 2.29 bits per heavy atom. The summed E-state index contributed by atoms with van der Waals surface area (Å²) in [5.74, 6) is 1.75. The van der Waals surface area contributed by atoms with Crippen molar-refractivity contribution in [1.29, 1.82) is 0 Å². The van der Waals surface area contributed by atoms with Crippen molar-refractivity contribution < 1.29 is 5.11 Å². The zero-order valence-corrected chi connectivity index (χ0v) is 11.7. The summed E-state index contributed by atoms with van der Waals surface area (Å²) >= 11 is 0. The number of hydrogen-bond donors (Lipinski definition) is 2. The van der Waals surface area contributed by atoms with Crippen LogP contribution in [0.4, 0.5) is 0 Å². The average Bonchev–Trinajstić information content (AvgIpc) is 2.38. The zero-order valence-electron chi connectivity index (χ0n) is 11.7. The molecule has 1 fully saturated rings. The third kappa shape index (κ3) is 4.59. The van der Waals surface area contributed by atoms with E-state index < -0.39 is 0 Å². The molecule has 0 saturated heterocycles. The molecule has 1 aliphatic rings. The molecule has 2 unspecified atom stereocenters. The zero-order chi connectivity index (χ0) is 12.7. The van der Waals surface area contributed by atoms with Crippen molar-refractivity contribution >= 4 is 0 Å². The first-order valence-electron chi connectivity index (χ1n) is 7.61. The van der Waals surface area contributed by atoms with E-state index in [0.29, 0.717) is 18.4 Å². The van der Waals surface area contributed by atoms with Gasteiger partial charge < -0.3 is 10.8 Å². The lowest BCUT2D eigenvalue weighted by Gasteiger charge is -2.34. The van der Waals surface area contributed by atoms with Crippen molar-refractivity contribution in [2.45, 2.75) is 71.3 Å². The van der Waals surface area contributed by atoms with Gasteiger partial charge in [0.05, 0.1) is 6.10 Å². The van der Waals surface area contributed by atoms with Crippen LogP contribution >= 0.6 is 0 Å². The van der Waals surface area contributed by atoms with E-state index in [1.165, 1.54) is 44.9 Å². The van der Waals surface area contributed by atoms with E-state index >= 15 is 0 Å². The number of rotatable bonds is 7. The summed E-state index contributed by atoms with van der Waals surface area (Å²) in [5, 5.41) is 10.3. The first-order valence-corrected chi connectivity index (χ1v) is 7.61. The highest BCUT2D eigenvalue weighted by Gasteiger charge is 2.29. The molecule has 17 heavy (non-hydrogen) atoms. The molecular weight excluding hydrogens is 210 g/mol. The van der Waals surface area contributed by atoms with Gasteiger partial charge in [-0.3, -0.25) is 0 Å². The summed E-state index contributed by atoms with van der Waals surface area (Å²) in [4.78, 5) is 0. The molecule has 0 aromatic heterocycles. The van der Waals surface area contributed by atoms with Crippen molar-refractivity contribution in [3.8, 4) is 0 Å². The maximum atomic E-state index is 10.3. The molecule has 1 saturated carbocycles. The van der Waals surface area contributed by atoms with Gasteiger partial charge in [0.25, 0.3) is 0 Å². The Kier molecular flexibility index (Phi) is 7.14. The highest BCUT2D eigenvalue weighted by atomic mass is 16.3. The SMILES string of the molecule is CCCCC1CCC(C(O)C(CC)CN)CC1. The quantitative estimate of drug-likeness (QED) is 0.718. The van der Waals surface area contributed by atoms with Gasteiger partial charge in [-0.25, -0.2) is 0 Å². The van der Waals surface area contributed by atoms with Gasteiger partial charge in [0.2, 0.25) is 0 Å². The van der Waals surface area contributed by atoms with Gasteiger partial charge in [-0.1, -0.05) is 46.0 Å². The number of hydrogen-bond acceptors (Lipinski definition) is 2. The van der Waals surface area contributed by atoms with Gasteiger partial charge >= 0.3 is 0 Å². The minimum atomic E-state index is -0.155. The number of aliphatic hydroxyl groups is 1. The van der Waals surface area contributed by atoms with E-state index in [9.17, 15) is 5.11 Å². The average molecular weight is 241 g/mol. The van der Waals surface area contributed by atoms with Crippen molar-refractivity contribution in [2.75, 3.05) is 6.54 Å². The lowest BCUT2D eigenvalue weighted by molar-refractivity contribution is 0.0266. The van der Waals surface area contributed by atoms with Crippen molar-refractivity contribution in [2.24, 2.45) is 23.5 Å². The van der Waals surface area contributed by atoms with Crippen molar-refractivity contribution in [3.05, 3.63) is 0 Å². The molecule has 2 heteroatoms. The first-order chi connectivity index (χ1) is 8.22. The number of aliphatic hydroxyl groups excluding tert-OH is 1. The largest absolute Gasteiger partial charge is 0.393 e. The van der Waals surface area contributed by atoms with Crippen LogP contribution in [0, 0.1) is 17.8 Å². The third-order valence-corrected chi connectivity index (χ3v) is 4.65. The molecule has 0 bridgehead atoms. The Labute approximate surface area is 107 Å². The fourth-order valence-electron chi connectivity index (χ4n) is 3.24. The molecule has 102 valence electrons. The topological polar surface area (TPSA) is 46.2 Å². The molecule has 1 rings (SSSR count). The summed E-state index contributed by atoms with van der Waals surface area (Å²) in [5.41, 5.74) is 5.72. The lowest BCUT2D eigenvalue weighted by atomic mass is 9.74.